The number of hydrogen-bond donors (Lipinski definition) is 9. The highest BCUT2D eigenvalue weighted by molar-refractivity contribution is 8.77. The predicted octanol–water partition coefficient (Wildman–Crippen LogP) is 7.10. The van der Waals surface area contributed by atoms with Gasteiger partial charge in [-0.15, -0.1) is 0 Å². The van der Waals surface area contributed by atoms with Gasteiger partial charge in [0.05, 0.1) is 34.5 Å². The van der Waals surface area contributed by atoms with E-state index in [1.807, 2.05) is 27.7 Å². The number of hydrogen-bond acceptors (Lipinski definition) is 15. The Labute approximate surface area is 452 Å². The summed E-state index contributed by atoms with van der Waals surface area (Å²) >= 11 is 0. The Morgan fingerprint density at radius 1 is 0.947 bits per heavy atom. The van der Waals surface area contributed by atoms with Crippen LogP contribution in [0.3, 0.4) is 0 Å². The molecule has 16 atom stereocenters. The third-order valence-corrected chi connectivity index (χ3v) is 24.2. The van der Waals surface area contributed by atoms with Gasteiger partial charge in [0.1, 0.15) is 12.2 Å². The molecule has 12 rings (SSSR count). The smallest absolute Gasteiger partial charge is 0.302 e. The number of carbonyl (C=O) groups excluding carboxylic acids is 1. The van der Waals surface area contributed by atoms with Crippen LogP contribution in [0.2, 0.25) is 0 Å². The highest BCUT2D eigenvalue weighted by Crippen LogP contribution is 2.76. The van der Waals surface area contributed by atoms with Crippen molar-refractivity contribution in [1.82, 2.24) is 16.0 Å². The van der Waals surface area contributed by atoms with Crippen molar-refractivity contribution < 1.29 is 39.8 Å². The molecule has 4 heterocycles. The van der Waals surface area contributed by atoms with E-state index in [9.17, 15) is 30.3 Å². The normalized spacial score (nSPS) is 43.8. The molecule has 16 unspecified atom stereocenters. The molecule has 6 spiro atoms. The van der Waals surface area contributed by atoms with Crippen molar-refractivity contribution in [3.05, 3.63) is 47.6 Å². The molecule has 1 aromatic rings. The number of benzene rings is 1. The van der Waals surface area contributed by atoms with Gasteiger partial charge in [-0.2, -0.15) is 0 Å². The summed E-state index contributed by atoms with van der Waals surface area (Å²) in [5.41, 5.74) is 6.60. The Morgan fingerprint density at radius 3 is 2.63 bits per heavy atom. The molecule has 1 aromatic carbocycles. The van der Waals surface area contributed by atoms with E-state index in [-0.39, 0.29) is 75.4 Å². The van der Waals surface area contributed by atoms with Gasteiger partial charge in [-0.25, -0.2) is 4.99 Å². The third-order valence-electron chi connectivity index (χ3n) is 21.4. The van der Waals surface area contributed by atoms with Crippen LogP contribution in [0.15, 0.2) is 41.4 Å². The maximum Gasteiger partial charge on any atom is 0.302 e. The Hall–Kier alpha value is -3.38. The Kier molecular flexibility index (Phi) is 14.2. The van der Waals surface area contributed by atoms with Crippen molar-refractivity contribution in [2.24, 2.45) is 62.0 Å². The van der Waals surface area contributed by atoms with E-state index in [0.717, 1.165) is 18.6 Å². The van der Waals surface area contributed by atoms with Gasteiger partial charge < -0.3 is 56.7 Å². The molecule has 5 fully saturated rings. The van der Waals surface area contributed by atoms with Crippen LogP contribution in [0, 0.1) is 74.9 Å². The monoisotopic (exact) mass is 1060 g/mol. The van der Waals surface area contributed by atoms with Gasteiger partial charge in [0.25, 0.3) is 0 Å². The Morgan fingerprint density at radius 2 is 1.79 bits per heavy atom. The molecule has 13 nitrogen and oxygen atoms in total. The average Bonchev–Trinajstić information content (AvgIpc) is 4.13. The number of guanidine groups is 1. The molecule has 1 saturated heterocycles. The fourth-order valence-electron chi connectivity index (χ4n) is 18.4. The quantitative estimate of drug-likeness (QED) is 0.0476. The lowest BCUT2D eigenvalue weighted by Gasteiger charge is -2.68. The number of phenolic OH excluding ortho intramolecular Hbond substituents is 1. The molecule has 4 aliphatic heterocycles. The number of nitrogens with two attached hydrogens (primary N) is 1. The van der Waals surface area contributed by atoms with Gasteiger partial charge in [0.15, 0.2) is 23.7 Å². The molecule has 10 bridgehead atoms. The highest BCUT2D eigenvalue weighted by atomic mass is 33.1. The van der Waals surface area contributed by atoms with E-state index in [0.29, 0.717) is 81.5 Å². The number of rotatable bonds is 2. The summed E-state index contributed by atoms with van der Waals surface area (Å²) in [6.07, 6.45) is 22.9. The van der Waals surface area contributed by atoms with E-state index < -0.39 is 59.4 Å². The number of allylic oxidation sites excluding steroid dienone is 2. The minimum absolute atomic E-state index is 0.0282. The van der Waals surface area contributed by atoms with Crippen molar-refractivity contribution in [2.75, 3.05) is 25.4 Å². The van der Waals surface area contributed by atoms with Crippen LogP contribution in [0.4, 0.5) is 0 Å². The number of fused-ring (bicyclic) bond motifs is 8. The summed E-state index contributed by atoms with van der Waals surface area (Å²) in [7, 11) is 3.86. The maximum absolute atomic E-state index is 13.2. The Bertz CT molecular complexity index is 2580. The Balaban J connectivity index is 1.06. The second kappa shape index (κ2) is 20.4. The molecule has 406 valence electrons. The molecule has 0 amide bonds. The lowest BCUT2D eigenvalue weighted by Crippen LogP contribution is -2.73. The zero-order valence-electron chi connectivity index (χ0n) is 43.9. The summed E-state index contributed by atoms with van der Waals surface area (Å²) in [5, 5.41) is 70.3. The molecule has 0 radical (unpaired) electrons. The van der Waals surface area contributed by atoms with Gasteiger partial charge in [0.2, 0.25) is 0 Å². The van der Waals surface area contributed by atoms with Gasteiger partial charge in [-0.05, 0) is 143 Å². The molecule has 11 aliphatic rings. The minimum Gasteiger partial charge on any atom is -0.504 e. The van der Waals surface area contributed by atoms with E-state index in [4.69, 9.17) is 20.2 Å². The summed E-state index contributed by atoms with van der Waals surface area (Å²) < 4.78 is 13.1. The summed E-state index contributed by atoms with van der Waals surface area (Å²) in [4.78, 5) is 18.8. The van der Waals surface area contributed by atoms with Gasteiger partial charge >= 0.3 is 5.97 Å². The number of piperidine rings is 1. The summed E-state index contributed by atoms with van der Waals surface area (Å²) in [6.45, 7) is 3.42. The molecule has 15 heteroatoms. The maximum atomic E-state index is 13.2. The van der Waals surface area contributed by atoms with E-state index >= 15 is 0 Å². The molecule has 75 heavy (non-hydrogen) atoms. The van der Waals surface area contributed by atoms with Crippen molar-refractivity contribution >= 4 is 33.5 Å². The minimum atomic E-state index is -1.93. The molecule has 4 saturated carbocycles. The zero-order valence-corrected chi connectivity index (χ0v) is 45.5. The van der Waals surface area contributed by atoms with Crippen LogP contribution < -0.4 is 26.4 Å². The fourth-order valence-corrected chi connectivity index (χ4v) is 21.2. The van der Waals surface area contributed by atoms with Crippen molar-refractivity contribution in [3.63, 3.8) is 0 Å². The number of phenols is 1. The van der Waals surface area contributed by atoms with Crippen molar-refractivity contribution in [3.8, 4) is 35.2 Å². The van der Waals surface area contributed by atoms with Crippen LogP contribution >= 0.6 is 21.6 Å². The second-order valence-electron chi connectivity index (χ2n) is 25.5. The first-order valence-electron chi connectivity index (χ1n) is 28.8. The number of nitrogens with one attached hydrogen (secondary N) is 3. The SMILES string of the molecule is CC(=O)OC1CC(O)CCC23C#CC4CC5C#CC(CNCC6(C5)CC(CCN6)Oc5cc(c(C(O)O)cc5O)CC41)SSCC1(CC45CCCC4C=CC(C5)C14CCCC41CCCC1)NC(N)=NC2C=CCC3O. The first kappa shape index (κ1) is 52.3. The van der Waals surface area contributed by atoms with Crippen molar-refractivity contribution in [2.45, 2.75) is 195 Å². The van der Waals surface area contributed by atoms with Crippen molar-refractivity contribution in [1.29, 1.82) is 0 Å². The van der Waals surface area contributed by atoms with Gasteiger partial charge in [0, 0.05) is 72.9 Å². The number of aromatic hydroxyl groups is 1. The number of nitrogens with zero attached hydrogens (tertiary/aromatic N) is 1. The standard InChI is InChI=1S/C60H81N5O8S2/c1-37(66)72-49-28-43(67)15-23-58-22-14-39-25-38-10-13-45(33-62-35-57(30-38)32-44(16-24-63-57)73-50-27-40(26-46(39)49)47(53(70)71)29-48(50)68)75-74-36-59(65-54(61)64-51(58)8-4-9-52(58)69)34-55-17-5-7-41(55)11-12-42(31-55)60(59)21-6-20-56(60)18-2-3-19-56/h4,8,11-12,27,29,38-39,41-46,49,51-53,62-63,67-71H,2-3,5-7,9,15-21,23-26,28,30-36H2,1H3,(H3,61,64,65). The first-order chi connectivity index (χ1) is 36.2. The molecule has 10 N–H and O–H groups in total. The number of aliphatic imine (C=N–C) groups is 1. The topological polar surface area (TPSA) is 211 Å². The van der Waals surface area contributed by atoms with Gasteiger partial charge in [-0.3, -0.25) is 4.79 Å². The van der Waals surface area contributed by atoms with Crippen LogP contribution in [0.25, 0.3) is 0 Å². The fraction of sp³-hybridized carbons (Fsp3) is 0.733. The van der Waals surface area contributed by atoms with Crippen LogP contribution in [-0.2, 0) is 16.0 Å². The van der Waals surface area contributed by atoms with Crippen LogP contribution in [0.1, 0.15) is 153 Å². The predicted molar refractivity (Wildman–Crippen MR) is 293 cm³/mol. The molecular formula is C60H81N5O8S2. The lowest BCUT2D eigenvalue weighted by atomic mass is 9.40. The molecule has 0 aromatic heterocycles. The second-order valence-corrected chi connectivity index (χ2v) is 28.1. The largest absolute Gasteiger partial charge is 0.504 e. The lowest BCUT2D eigenvalue weighted by molar-refractivity contribution is -0.152. The molecule has 7 aliphatic carbocycles. The summed E-state index contributed by atoms with van der Waals surface area (Å²) in [6, 6.07) is 2.43. The number of aliphatic hydroxyl groups is 4. The number of carbonyl (C=O) groups is 1. The average molecular weight is 1060 g/mol. The number of ether oxygens (including phenoxy) is 2. The number of aliphatic hydroxyl groups excluding tert-OH is 3. The van der Waals surface area contributed by atoms with Gasteiger partial charge in [-0.1, -0.05) is 95.3 Å². The molecular weight excluding hydrogens is 983 g/mol. The van der Waals surface area contributed by atoms with E-state index in [2.05, 4.69) is 57.9 Å². The zero-order chi connectivity index (χ0) is 51.8. The number of esters is 1. The van der Waals surface area contributed by atoms with Crippen LogP contribution in [-0.4, -0.2) is 110 Å². The van der Waals surface area contributed by atoms with E-state index in [1.54, 1.807) is 6.07 Å². The first-order valence-corrected chi connectivity index (χ1v) is 31.2. The van der Waals surface area contributed by atoms with Crippen LogP contribution in [0.5, 0.6) is 11.5 Å². The van der Waals surface area contributed by atoms with E-state index in [1.165, 1.54) is 77.2 Å². The highest BCUT2D eigenvalue weighted by Gasteiger charge is 2.73. The summed E-state index contributed by atoms with van der Waals surface area (Å²) in [5.74, 6) is 15.8. The third kappa shape index (κ3) is 9.25.